The third-order valence-electron chi connectivity index (χ3n) is 2.86. The number of amides is 1. The molecule has 1 atom stereocenters. The lowest BCUT2D eigenvalue weighted by Crippen LogP contribution is -2.37. The van der Waals surface area contributed by atoms with Crippen LogP contribution in [0, 0.1) is 11.3 Å². The van der Waals surface area contributed by atoms with Crippen LogP contribution in [0.5, 0.6) is 0 Å². The van der Waals surface area contributed by atoms with Crippen LogP contribution in [0.25, 0.3) is 0 Å². The van der Waals surface area contributed by atoms with Crippen LogP contribution >= 0.6 is 0 Å². The van der Waals surface area contributed by atoms with Crippen molar-refractivity contribution >= 4 is 11.7 Å². The molecule has 0 bridgehead atoms. The van der Waals surface area contributed by atoms with Gasteiger partial charge in [0.05, 0.1) is 0 Å². The summed E-state index contributed by atoms with van der Waals surface area (Å²) in [6, 6.07) is 11.1. The molecule has 1 amide bonds. The first-order chi connectivity index (χ1) is 10.2. The second-order valence-corrected chi connectivity index (χ2v) is 4.43. The van der Waals surface area contributed by atoms with Crippen LogP contribution < -0.4 is 10.6 Å². The van der Waals surface area contributed by atoms with Crippen molar-refractivity contribution in [2.75, 3.05) is 5.32 Å². The molecule has 1 aromatic carbocycles. The summed E-state index contributed by atoms with van der Waals surface area (Å²) in [5.74, 6) is 0.135. The van der Waals surface area contributed by atoms with Gasteiger partial charge in [-0.2, -0.15) is 5.26 Å². The average molecular weight is 281 g/mol. The normalized spacial score (nSPS) is 11.2. The maximum atomic E-state index is 12.0. The van der Waals surface area contributed by atoms with Crippen LogP contribution in [0.4, 0.5) is 5.82 Å². The van der Waals surface area contributed by atoms with Gasteiger partial charge in [-0.1, -0.05) is 30.3 Å². The highest BCUT2D eigenvalue weighted by atomic mass is 16.2. The molecule has 0 saturated carbocycles. The van der Waals surface area contributed by atoms with Gasteiger partial charge < -0.3 is 10.6 Å². The Morgan fingerprint density at radius 1 is 1.29 bits per heavy atom. The van der Waals surface area contributed by atoms with E-state index in [0.717, 1.165) is 5.56 Å². The van der Waals surface area contributed by atoms with Crippen molar-refractivity contribution in [1.29, 1.82) is 5.26 Å². The van der Waals surface area contributed by atoms with E-state index in [0.29, 0.717) is 12.4 Å². The zero-order chi connectivity index (χ0) is 15.1. The summed E-state index contributed by atoms with van der Waals surface area (Å²) < 4.78 is 0. The van der Waals surface area contributed by atoms with Crippen molar-refractivity contribution in [2.24, 2.45) is 0 Å². The van der Waals surface area contributed by atoms with E-state index < -0.39 is 6.04 Å². The number of rotatable bonds is 5. The van der Waals surface area contributed by atoms with Crippen molar-refractivity contribution in [1.82, 2.24) is 15.3 Å². The van der Waals surface area contributed by atoms with Gasteiger partial charge in [0.25, 0.3) is 0 Å². The molecule has 106 valence electrons. The largest absolute Gasteiger partial charge is 0.356 e. The molecule has 0 radical (unpaired) electrons. The predicted octanol–water partition coefficient (Wildman–Crippen LogP) is 1.47. The minimum atomic E-state index is -0.516. The van der Waals surface area contributed by atoms with Gasteiger partial charge in [-0.05, 0) is 12.5 Å². The molecule has 6 heteroatoms. The second-order valence-electron chi connectivity index (χ2n) is 4.43. The molecule has 0 aliphatic carbocycles. The molecular weight excluding hydrogens is 266 g/mol. The summed E-state index contributed by atoms with van der Waals surface area (Å²) in [6.45, 7) is 2.16. The fourth-order valence-corrected chi connectivity index (χ4v) is 1.73. The highest BCUT2D eigenvalue weighted by Gasteiger charge is 2.15. The molecule has 1 unspecified atom stereocenters. The fraction of sp³-hybridized carbons (Fsp3) is 0.200. The van der Waals surface area contributed by atoms with Crippen molar-refractivity contribution in [3.63, 3.8) is 0 Å². The molecule has 0 saturated heterocycles. The number of nitrogens with zero attached hydrogens (tertiary/aromatic N) is 3. The molecule has 21 heavy (non-hydrogen) atoms. The van der Waals surface area contributed by atoms with E-state index in [2.05, 4.69) is 20.6 Å². The topological polar surface area (TPSA) is 90.7 Å². The van der Waals surface area contributed by atoms with Gasteiger partial charge >= 0.3 is 0 Å². The van der Waals surface area contributed by atoms with Gasteiger partial charge in [-0.15, -0.1) is 0 Å². The molecule has 0 aliphatic heterocycles. The van der Waals surface area contributed by atoms with Crippen LogP contribution in [0.1, 0.15) is 18.2 Å². The lowest BCUT2D eigenvalue weighted by molar-refractivity contribution is -0.121. The summed E-state index contributed by atoms with van der Waals surface area (Å²) >= 11 is 0. The fourth-order valence-electron chi connectivity index (χ4n) is 1.73. The van der Waals surface area contributed by atoms with E-state index in [1.807, 2.05) is 36.4 Å². The third kappa shape index (κ3) is 4.01. The maximum Gasteiger partial charge on any atom is 0.242 e. The monoisotopic (exact) mass is 281 g/mol. The Balaban J connectivity index is 1.92. The predicted molar refractivity (Wildman–Crippen MR) is 78.1 cm³/mol. The number of carbonyl (C=O) groups is 1. The minimum Gasteiger partial charge on any atom is -0.356 e. The van der Waals surface area contributed by atoms with Crippen LogP contribution in [-0.4, -0.2) is 21.9 Å². The Morgan fingerprint density at radius 3 is 2.71 bits per heavy atom. The van der Waals surface area contributed by atoms with Crippen molar-refractivity contribution in [3.8, 4) is 6.07 Å². The first-order valence-electron chi connectivity index (χ1n) is 6.50. The van der Waals surface area contributed by atoms with E-state index >= 15 is 0 Å². The molecule has 0 fully saturated rings. The quantitative estimate of drug-likeness (QED) is 0.866. The Hall–Kier alpha value is -2.94. The summed E-state index contributed by atoms with van der Waals surface area (Å²) in [6.07, 6.45) is 2.90. The van der Waals surface area contributed by atoms with Crippen LogP contribution in [0.15, 0.2) is 42.7 Å². The van der Waals surface area contributed by atoms with Gasteiger partial charge in [-0.3, -0.25) is 4.79 Å². The molecule has 2 aromatic rings. The number of carbonyl (C=O) groups excluding carboxylic acids is 1. The molecule has 1 heterocycles. The Morgan fingerprint density at radius 2 is 2.00 bits per heavy atom. The van der Waals surface area contributed by atoms with Crippen LogP contribution in [0.3, 0.4) is 0 Å². The molecular formula is C15H15N5O. The number of nitriles is 1. The highest BCUT2D eigenvalue weighted by molar-refractivity contribution is 5.84. The summed E-state index contributed by atoms with van der Waals surface area (Å²) in [5.41, 5.74) is 1.19. The van der Waals surface area contributed by atoms with Crippen LogP contribution in [0.2, 0.25) is 0 Å². The van der Waals surface area contributed by atoms with Crippen molar-refractivity contribution in [3.05, 3.63) is 54.0 Å². The first-order valence-corrected chi connectivity index (χ1v) is 6.50. The highest BCUT2D eigenvalue weighted by Crippen LogP contribution is 2.08. The Bertz CT molecular complexity index is 651. The van der Waals surface area contributed by atoms with Gasteiger partial charge in [0.1, 0.15) is 12.1 Å². The number of benzene rings is 1. The van der Waals surface area contributed by atoms with Gasteiger partial charge in [0.15, 0.2) is 11.5 Å². The van der Waals surface area contributed by atoms with Crippen molar-refractivity contribution < 1.29 is 4.79 Å². The Labute approximate surface area is 122 Å². The molecule has 0 aliphatic rings. The van der Waals surface area contributed by atoms with Crippen molar-refractivity contribution in [2.45, 2.75) is 19.5 Å². The van der Waals surface area contributed by atoms with Gasteiger partial charge in [0, 0.05) is 18.9 Å². The average Bonchev–Trinajstić information content (AvgIpc) is 2.54. The SMILES string of the molecule is CC(Nc1nccnc1C#N)C(=O)NCc1ccccc1. The molecule has 0 spiro atoms. The van der Waals surface area contributed by atoms with E-state index in [1.54, 1.807) is 6.92 Å². The third-order valence-corrected chi connectivity index (χ3v) is 2.86. The summed E-state index contributed by atoms with van der Waals surface area (Å²) in [4.78, 5) is 19.9. The summed E-state index contributed by atoms with van der Waals surface area (Å²) in [7, 11) is 0. The van der Waals surface area contributed by atoms with E-state index in [4.69, 9.17) is 5.26 Å². The summed E-state index contributed by atoms with van der Waals surface area (Å²) in [5, 5.41) is 14.6. The minimum absolute atomic E-state index is 0.167. The van der Waals surface area contributed by atoms with Gasteiger partial charge in [-0.25, -0.2) is 9.97 Å². The lowest BCUT2D eigenvalue weighted by Gasteiger charge is -2.14. The number of hydrogen-bond acceptors (Lipinski definition) is 5. The Kier molecular flexibility index (Phi) is 4.83. The molecule has 2 rings (SSSR count). The van der Waals surface area contributed by atoms with Crippen LogP contribution in [-0.2, 0) is 11.3 Å². The molecule has 2 N–H and O–H groups in total. The maximum absolute atomic E-state index is 12.0. The molecule has 1 aromatic heterocycles. The van der Waals surface area contributed by atoms with E-state index in [9.17, 15) is 4.79 Å². The standard InChI is InChI=1S/C15H15N5O/c1-11(20-14-13(9-16)17-7-8-18-14)15(21)19-10-12-5-3-2-4-6-12/h2-8,11H,10H2,1H3,(H,18,20)(H,19,21). The zero-order valence-corrected chi connectivity index (χ0v) is 11.6. The second kappa shape index (κ2) is 7.01. The number of hydrogen-bond donors (Lipinski definition) is 2. The zero-order valence-electron chi connectivity index (χ0n) is 11.6. The first kappa shape index (κ1) is 14.5. The number of anilines is 1. The molecule has 6 nitrogen and oxygen atoms in total. The van der Waals surface area contributed by atoms with Gasteiger partial charge in [0.2, 0.25) is 5.91 Å². The number of aromatic nitrogens is 2. The van der Waals surface area contributed by atoms with E-state index in [1.165, 1.54) is 12.4 Å². The smallest absolute Gasteiger partial charge is 0.242 e. The van der Waals surface area contributed by atoms with E-state index in [-0.39, 0.29) is 11.6 Å². The lowest BCUT2D eigenvalue weighted by atomic mass is 10.2. The number of nitrogens with one attached hydrogen (secondary N) is 2.